The Morgan fingerprint density at radius 1 is 0.757 bits per heavy atom. The monoisotopic (exact) mass is 513 g/mol. The Morgan fingerprint density at radius 2 is 1.24 bits per heavy atom. The number of hydrogen-bond donors (Lipinski definition) is 0. The minimum absolute atomic E-state index is 0.743. The second-order valence-corrected chi connectivity index (χ2v) is 15.7. The standard InChI is InChI=1S/C32H43N3OSi/c1-21-17-23(3)31(24(4)18-21)33-27(7)28-13-11-14-29(34-28)30(15-12-16-36-37(8,9)10)35-32-25(5)19-22(2)20-26(32)6/h11,13-14,17-20H,12,15-16H2,1-10H3. The summed E-state index contributed by atoms with van der Waals surface area (Å²) >= 11 is 0. The van der Waals surface area contributed by atoms with E-state index in [0.717, 1.165) is 53.6 Å². The van der Waals surface area contributed by atoms with E-state index < -0.39 is 8.32 Å². The molecule has 0 N–H and O–H groups in total. The fourth-order valence-corrected chi connectivity index (χ4v) is 5.47. The molecule has 4 nitrogen and oxygen atoms in total. The van der Waals surface area contributed by atoms with Crippen LogP contribution in [0.1, 0.15) is 64.5 Å². The van der Waals surface area contributed by atoms with Crippen molar-refractivity contribution >= 4 is 31.1 Å². The van der Waals surface area contributed by atoms with Crippen LogP contribution in [0.15, 0.2) is 52.4 Å². The average Bonchev–Trinajstić information content (AvgIpc) is 2.79. The third kappa shape index (κ3) is 8.04. The molecule has 0 atom stereocenters. The second kappa shape index (κ2) is 12.1. The van der Waals surface area contributed by atoms with Gasteiger partial charge < -0.3 is 4.43 Å². The smallest absolute Gasteiger partial charge is 0.183 e. The van der Waals surface area contributed by atoms with Crippen molar-refractivity contribution in [2.45, 2.75) is 80.9 Å². The zero-order valence-electron chi connectivity index (χ0n) is 24.4. The van der Waals surface area contributed by atoms with E-state index in [-0.39, 0.29) is 0 Å². The molecule has 1 aromatic heterocycles. The Kier molecular flexibility index (Phi) is 9.38. The van der Waals surface area contributed by atoms with Gasteiger partial charge in [0, 0.05) is 6.61 Å². The van der Waals surface area contributed by atoms with Gasteiger partial charge in [0.2, 0.25) is 0 Å². The maximum atomic E-state index is 6.13. The molecule has 0 bridgehead atoms. The van der Waals surface area contributed by atoms with Gasteiger partial charge in [0.25, 0.3) is 0 Å². The van der Waals surface area contributed by atoms with E-state index in [0.29, 0.717) is 0 Å². The van der Waals surface area contributed by atoms with Crippen molar-refractivity contribution in [3.05, 3.63) is 87.2 Å². The molecule has 2 aromatic carbocycles. The number of benzene rings is 2. The number of aryl methyl sites for hydroxylation is 6. The highest BCUT2D eigenvalue weighted by Gasteiger charge is 2.15. The Labute approximate surface area is 225 Å². The van der Waals surface area contributed by atoms with Crippen molar-refractivity contribution in [2.24, 2.45) is 9.98 Å². The second-order valence-electron chi connectivity index (χ2n) is 11.2. The molecule has 1 heterocycles. The van der Waals surface area contributed by atoms with Gasteiger partial charge in [-0.05, 0) is 115 Å². The van der Waals surface area contributed by atoms with E-state index >= 15 is 0 Å². The summed E-state index contributed by atoms with van der Waals surface area (Å²) in [5.74, 6) is 0. The Balaban J connectivity index is 2.01. The largest absolute Gasteiger partial charge is 0.418 e. The maximum Gasteiger partial charge on any atom is 0.183 e. The van der Waals surface area contributed by atoms with E-state index in [1.54, 1.807) is 0 Å². The molecule has 0 spiro atoms. The summed E-state index contributed by atoms with van der Waals surface area (Å²) in [7, 11) is -1.55. The summed E-state index contributed by atoms with van der Waals surface area (Å²) in [6, 6.07) is 14.9. The van der Waals surface area contributed by atoms with Crippen molar-refractivity contribution in [2.75, 3.05) is 6.61 Å². The van der Waals surface area contributed by atoms with Crippen LogP contribution >= 0.6 is 0 Å². The molecule has 0 saturated carbocycles. The van der Waals surface area contributed by atoms with E-state index in [2.05, 4.69) is 97.6 Å². The van der Waals surface area contributed by atoms with Crippen LogP contribution in [-0.4, -0.2) is 31.3 Å². The van der Waals surface area contributed by atoms with E-state index in [1.807, 2.05) is 13.0 Å². The first-order valence-electron chi connectivity index (χ1n) is 13.2. The summed E-state index contributed by atoms with van der Waals surface area (Å²) in [4.78, 5) is 15.2. The van der Waals surface area contributed by atoms with Gasteiger partial charge in [-0.1, -0.05) is 41.5 Å². The predicted molar refractivity (Wildman–Crippen MR) is 162 cm³/mol. The van der Waals surface area contributed by atoms with Gasteiger partial charge in [-0.15, -0.1) is 0 Å². The highest BCUT2D eigenvalue weighted by Crippen LogP contribution is 2.28. The van der Waals surface area contributed by atoms with Crippen LogP contribution in [0.25, 0.3) is 0 Å². The van der Waals surface area contributed by atoms with Crippen LogP contribution in [0, 0.1) is 41.5 Å². The zero-order valence-corrected chi connectivity index (χ0v) is 25.4. The van der Waals surface area contributed by atoms with Crippen LogP contribution in [0.3, 0.4) is 0 Å². The molecule has 0 aliphatic carbocycles. The van der Waals surface area contributed by atoms with Crippen LogP contribution in [0.2, 0.25) is 19.6 Å². The molecule has 3 rings (SSSR count). The predicted octanol–water partition coefficient (Wildman–Crippen LogP) is 8.83. The van der Waals surface area contributed by atoms with Crippen molar-refractivity contribution in [3.63, 3.8) is 0 Å². The first-order valence-corrected chi connectivity index (χ1v) is 16.6. The van der Waals surface area contributed by atoms with Crippen LogP contribution in [-0.2, 0) is 4.43 Å². The van der Waals surface area contributed by atoms with Gasteiger partial charge in [0.05, 0.1) is 34.2 Å². The minimum Gasteiger partial charge on any atom is -0.418 e. The SMILES string of the molecule is CC(=Nc1c(C)cc(C)cc1C)c1cccc(C(CCCO[Si](C)(C)C)=Nc2c(C)cc(C)cc2C)n1. The number of aromatic nitrogens is 1. The number of nitrogens with zero attached hydrogens (tertiary/aromatic N) is 3. The van der Waals surface area contributed by atoms with E-state index in [9.17, 15) is 0 Å². The third-order valence-corrected chi connectivity index (χ3v) is 7.38. The lowest BCUT2D eigenvalue weighted by Gasteiger charge is -2.17. The summed E-state index contributed by atoms with van der Waals surface area (Å²) in [5, 5.41) is 0. The molecule has 0 fully saturated rings. The van der Waals surface area contributed by atoms with Gasteiger partial charge in [0.1, 0.15) is 0 Å². The molecule has 0 aliphatic heterocycles. The summed E-state index contributed by atoms with van der Waals surface area (Å²) in [6.07, 6.45) is 1.72. The summed E-state index contributed by atoms with van der Waals surface area (Å²) < 4.78 is 6.13. The lowest BCUT2D eigenvalue weighted by Crippen LogP contribution is -2.26. The molecular formula is C32H43N3OSi. The molecule has 196 valence electrons. The number of rotatable bonds is 9. The van der Waals surface area contributed by atoms with Gasteiger partial charge in [-0.25, -0.2) is 4.98 Å². The molecular weight excluding hydrogens is 470 g/mol. The average molecular weight is 514 g/mol. The topological polar surface area (TPSA) is 46.8 Å². The zero-order chi connectivity index (χ0) is 27.3. The normalized spacial score (nSPS) is 12.8. The summed E-state index contributed by atoms with van der Waals surface area (Å²) in [5.41, 5.74) is 13.0. The Bertz CT molecular complexity index is 1290. The van der Waals surface area contributed by atoms with Crippen molar-refractivity contribution < 1.29 is 4.43 Å². The Hall–Kier alpha value is -2.89. The quantitative estimate of drug-likeness (QED) is 0.163. The molecule has 0 unspecified atom stereocenters. The highest BCUT2D eigenvalue weighted by molar-refractivity contribution is 6.69. The first kappa shape index (κ1) is 28.7. The van der Waals surface area contributed by atoms with Crippen LogP contribution < -0.4 is 0 Å². The lowest BCUT2D eigenvalue weighted by atomic mass is 10.0. The molecule has 0 saturated heterocycles. The van der Waals surface area contributed by atoms with Gasteiger partial charge >= 0.3 is 0 Å². The highest BCUT2D eigenvalue weighted by atomic mass is 28.4. The van der Waals surface area contributed by atoms with Crippen LogP contribution in [0.4, 0.5) is 11.4 Å². The number of hydrogen-bond acceptors (Lipinski definition) is 4. The molecule has 0 amide bonds. The number of pyridine rings is 1. The maximum absolute atomic E-state index is 6.13. The van der Waals surface area contributed by atoms with Crippen LogP contribution in [0.5, 0.6) is 0 Å². The lowest BCUT2D eigenvalue weighted by molar-refractivity contribution is 0.307. The van der Waals surface area contributed by atoms with Crippen molar-refractivity contribution in [3.8, 4) is 0 Å². The van der Waals surface area contributed by atoms with E-state index in [1.165, 1.54) is 33.4 Å². The fourth-order valence-electron chi connectivity index (χ4n) is 4.71. The molecule has 0 aliphatic rings. The third-order valence-electron chi connectivity index (χ3n) is 6.31. The first-order chi connectivity index (χ1) is 17.3. The molecule has 3 aromatic rings. The van der Waals surface area contributed by atoms with E-state index in [4.69, 9.17) is 19.4 Å². The molecule has 37 heavy (non-hydrogen) atoms. The van der Waals surface area contributed by atoms with Crippen molar-refractivity contribution in [1.29, 1.82) is 0 Å². The minimum atomic E-state index is -1.55. The fraction of sp³-hybridized carbons (Fsp3) is 0.406. The number of aliphatic imine (C=N–C) groups is 2. The molecule has 5 heteroatoms. The molecule has 0 radical (unpaired) electrons. The van der Waals surface area contributed by atoms with Gasteiger partial charge in [-0.3, -0.25) is 9.98 Å². The van der Waals surface area contributed by atoms with Gasteiger partial charge in [-0.2, -0.15) is 0 Å². The van der Waals surface area contributed by atoms with Gasteiger partial charge in [0.15, 0.2) is 8.32 Å². The summed E-state index contributed by atoms with van der Waals surface area (Å²) in [6.45, 7) is 22.2. The van der Waals surface area contributed by atoms with Crippen molar-refractivity contribution in [1.82, 2.24) is 4.98 Å². The Morgan fingerprint density at radius 3 is 1.76 bits per heavy atom.